The van der Waals surface area contributed by atoms with E-state index in [2.05, 4.69) is 38.1 Å². The molecule has 0 spiro atoms. The topological polar surface area (TPSA) is 58.9 Å². The van der Waals surface area contributed by atoms with Crippen molar-refractivity contribution in [3.8, 4) is 22.6 Å². The molecule has 0 bridgehead atoms. The highest BCUT2D eigenvalue weighted by Gasteiger charge is 2.05. The number of ether oxygens (including phenoxy) is 2. The number of aliphatic hydroxyl groups is 2. The molecule has 0 aliphatic carbocycles. The lowest BCUT2D eigenvalue weighted by Crippen LogP contribution is -2.06. The van der Waals surface area contributed by atoms with Gasteiger partial charge in [-0.05, 0) is 86.8 Å². The Kier molecular flexibility index (Phi) is 16.0. The minimum atomic E-state index is -0.134. The first-order valence-corrected chi connectivity index (χ1v) is 14.4. The van der Waals surface area contributed by atoms with Crippen molar-refractivity contribution in [1.29, 1.82) is 0 Å². The van der Waals surface area contributed by atoms with Crippen LogP contribution in [0.25, 0.3) is 11.1 Å². The standard InChI is InChI=1S/C32H50O4/c1-3-5-13-29(33)15-9-7-11-25-35-31-21-17-27(18-22-31)28-19-23-32(24-20-28)36-26-12-8-10-16-30(34)14-6-4-2/h17-24,29-30,33-34H,3-16,25-26H2,1-2H3. The first-order valence-electron chi connectivity index (χ1n) is 14.4. The summed E-state index contributed by atoms with van der Waals surface area (Å²) in [6, 6.07) is 16.5. The van der Waals surface area contributed by atoms with Gasteiger partial charge in [-0.1, -0.05) is 76.6 Å². The van der Waals surface area contributed by atoms with E-state index in [1.807, 2.05) is 24.3 Å². The number of benzene rings is 2. The highest BCUT2D eigenvalue weighted by molar-refractivity contribution is 5.64. The monoisotopic (exact) mass is 498 g/mol. The zero-order valence-electron chi connectivity index (χ0n) is 22.8. The Labute approximate surface area is 220 Å². The molecule has 0 aliphatic rings. The van der Waals surface area contributed by atoms with Gasteiger partial charge in [0.1, 0.15) is 11.5 Å². The largest absolute Gasteiger partial charge is 0.494 e. The molecule has 2 unspecified atom stereocenters. The molecule has 0 aliphatic heterocycles. The van der Waals surface area contributed by atoms with Gasteiger partial charge in [0, 0.05) is 0 Å². The van der Waals surface area contributed by atoms with Crippen molar-refractivity contribution in [2.75, 3.05) is 13.2 Å². The summed E-state index contributed by atoms with van der Waals surface area (Å²) in [6.07, 6.45) is 14.3. The van der Waals surface area contributed by atoms with Crippen LogP contribution in [-0.2, 0) is 0 Å². The zero-order valence-corrected chi connectivity index (χ0v) is 22.8. The van der Waals surface area contributed by atoms with Crippen molar-refractivity contribution in [3.63, 3.8) is 0 Å². The van der Waals surface area contributed by atoms with Crippen LogP contribution in [0, 0.1) is 0 Å². The van der Waals surface area contributed by atoms with Crippen molar-refractivity contribution in [2.45, 2.75) is 116 Å². The van der Waals surface area contributed by atoms with E-state index in [9.17, 15) is 10.2 Å². The van der Waals surface area contributed by atoms with Gasteiger partial charge in [0.05, 0.1) is 25.4 Å². The Balaban J connectivity index is 1.59. The van der Waals surface area contributed by atoms with Gasteiger partial charge in [-0.2, -0.15) is 0 Å². The average molecular weight is 499 g/mol. The van der Waals surface area contributed by atoms with Crippen molar-refractivity contribution in [1.82, 2.24) is 0 Å². The van der Waals surface area contributed by atoms with Crippen LogP contribution in [-0.4, -0.2) is 35.6 Å². The zero-order chi connectivity index (χ0) is 25.8. The van der Waals surface area contributed by atoms with Crippen molar-refractivity contribution in [2.24, 2.45) is 0 Å². The average Bonchev–Trinajstić information content (AvgIpc) is 2.91. The molecule has 2 rings (SSSR count). The number of unbranched alkanes of at least 4 members (excludes halogenated alkanes) is 6. The first kappa shape index (κ1) is 30.2. The number of aliphatic hydroxyl groups excluding tert-OH is 2. The van der Waals surface area contributed by atoms with Crippen LogP contribution in [0.1, 0.15) is 104 Å². The maximum atomic E-state index is 9.91. The molecule has 4 heteroatoms. The molecule has 0 saturated carbocycles. The molecule has 2 atom stereocenters. The van der Waals surface area contributed by atoms with E-state index in [0.717, 1.165) is 126 Å². The maximum Gasteiger partial charge on any atom is 0.119 e. The van der Waals surface area contributed by atoms with E-state index in [1.165, 1.54) is 0 Å². The van der Waals surface area contributed by atoms with E-state index < -0.39 is 0 Å². The molecular weight excluding hydrogens is 448 g/mol. The molecule has 0 saturated heterocycles. The predicted octanol–water partition coefficient (Wildman–Crippen LogP) is 8.33. The Bertz CT molecular complexity index is 704. The van der Waals surface area contributed by atoms with E-state index >= 15 is 0 Å². The molecule has 0 fully saturated rings. The fourth-order valence-electron chi connectivity index (χ4n) is 4.35. The lowest BCUT2D eigenvalue weighted by molar-refractivity contribution is 0.147. The normalized spacial score (nSPS) is 12.9. The minimum Gasteiger partial charge on any atom is -0.494 e. The minimum absolute atomic E-state index is 0.134. The molecule has 202 valence electrons. The van der Waals surface area contributed by atoms with Crippen LogP contribution >= 0.6 is 0 Å². The molecule has 4 nitrogen and oxygen atoms in total. The Morgan fingerprint density at radius 1 is 0.500 bits per heavy atom. The molecule has 0 aromatic heterocycles. The lowest BCUT2D eigenvalue weighted by atomic mass is 10.1. The third kappa shape index (κ3) is 13.3. The Hall–Kier alpha value is -2.04. The summed E-state index contributed by atoms with van der Waals surface area (Å²) < 4.78 is 11.8. The number of rotatable bonds is 21. The van der Waals surface area contributed by atoms with Gasteiger partial charge in [-0.15, -0.1) is 0 Å². The Morgan fingerprint density at radius 3 is 1.22 bits per heavy atom. The van der Waals surface area contributed by atoms with Gasteiger partial charge in [0.2, 0.25) is 0 Å². The lowest BCUT2D eigenvalue weighted by Gasteiger charge is -2.11. The highest BCUT2D eigenvalue weighted by atomic mass is 16.5. The van der Waals surface area contributed by atoms with Gasteiger partial charge in [-0.25, -0.2) is 0 Å². The molecule has 0 heterocycles. The van der Waals surface area contributed by atoms with Crippen LogP contribution in [0.2, 0.25) is 0 Å². The molecule has 2 N–H and O–H groups in total. The first-order chi connectivity index (χ1) is 17.6. The van der Waals surface area contributed by atoms with Crippen LogP contribution in [0.3, 0.4) is 0 Å². The van der Waals surface area contributed by atoms with Crippen LogP contribution in [0.5, 0.6) is 11.5 Å². The fourth-order valence-corrected chi connectivity index (χ4v) is 4.35. The second-order valence-electron chi connectivity index (χ2n) is 10.0. The second-order valence-corrected chi connectivity index (χ2v) is 10.0. The van der Waals surface area contributed by atoms with Gasteiger partial charge in [0.25, 0.3) is 0 Å². The quantitative estimate of drug-likeness (QED) is 0.170. The summed E-state index contributed by atoms with van der Waals surface area (Å²) in [5.74, 6) is 1.80. The van der Waals surface area contributed by atoms with Gasteiger partial charge >= 0.3 is 0 Å². The number of hydrogen-bond acceptors (Lipinski definition) is 4. The summed E-state index contributed by atoms with van der Waals surface area (Å²) in [5.41, 5.74) is 2.33. The molecular formula is C32H50O4. The second kappa shape index (κ2) is 19.1. The number of hydrogen-bond donors (Lipinski definition) is 2. The van der Waals surface area contributed by atoms with Crippen molar-refractivity contribution >= 4 is 0 Å². The third-order valence-electron chi connectivity index (χ3n) is 6.72. The smallest absolute Gasteiger partial charge is 0.119 e. The van der Waals surface area contributed by atoms with E-state index in [-0.39, 0.29) is 12.2 Å². The van der Waals surface area contributed by atoms with E-state index in [1.54, 1.807) is 0 Å². The molecule has 0 amide bonds. The van der Waals surface area contributed by atoms with Crippen LogP contribution in [0.4, 0.5) is 0 Å². The van der Waals surface area contributed by atoms with E-state index in [4.69, 9.17) is 9.47 Å². The summed E-state index contributed by atoms with van der Waals surface area (Å²) in [5, 5.41) is 19.8. The summed E-state index contributed by atoms with van der Waals surface area (Å²) >= 11 is 0. The molecule has 0 radical (unpaired) electrons. The van der Waals surface area contributed by atoms with Crippen LogP contribution in [0.15, 0.2) is 48.5 Å². The highest BCUT2D eigenvalue weighted by Crippen LogP contribution is 2.25. The molecule has 2 aromatic rings. The molecule has 36 heavy (non-hydrogen) atoms. The van der Waals surface area contributed by atoms with Crippen molar-refractivity contribution < 1.29 is 19.7 Å². The summed E-state index contributed by atoms with van der Waals surface area (Å²) in [7, 11) is 0. The summed E-state index contributed by atoms with van der Waals surface area (Å²) in [6.45, 7) is 5.76. The van der Waals surface area contributed by atoms with Crippen LogP contribution < -0.4 is 9.47 Å². The van der Waals surface area contributed by atoms with E-state index in [0.29, 0.717) is 0 Å². The predicted molar refractivity (Wildman–Crippen MR) is 151 cm³/mol. The van der Waals surface area contributed by atoms with Gasteiger partial charge in [-0.3, -0.25) is 0 Å². The Morgan fingerprint density at radius 2 is 0.861 bits per heavy atom. The van der Waals surface area contributed by atoms with Gasteiger partial charge in [0.15, 0.2) is 0 Å². The molecule has 2 aromatic carbocycles. The van der Waals surface area contributed by atoms with Gasteiger partial charge < -0.3 is 19.7 Å². The fraction of sp³-hybridized carbons (Fsp3) is 0.625. The SMILES string of the molecule is CCCCC(O)CCCCCOc1ccc(-c2ccc(OCCCCCC(O)CCCC)cc2)cc1. The third-order valence-corrected chi connectivity index (χ3v) is 6.72. The van der Waals surface area contributed by atoms with Crippen molar-refractivity contribution in [3.05, 3.63) is 48.5 Å². The summed E-state index contributed by atoms with van der Waals surface area (Å²) in [4.78, 5) is 0. The maximum absolute atomic E-state index is 9.91.